The maximum Gasteiger partial charge on any atom is 0.334 e. The molecule has 1 aliphatic rings. The van der Waals surface area contributed by atoms with Crippen LogP contribution in [0, 0.1) is 0 Å². The van der Waals surface area contributed by atoms with E-state index in [1.165, 1.54) is 0 Å². The first kappa shape index (κ1) is 9.28. The number of carbonyl (C=O) groups is 1. The van der Waals surface area contributed by atoms with Gasteiger partial charge in [0.2, 0.25) is 6.35 Å². The predicted molar refractivity (Wildman–Crippen MR) is 44.1 cm³/mol. The molecule has 2 N–H and O–H groups in total. The average Bonchev–Trinajstić information content (AvgIpc) is 2.37. The number of urea groups is 1. The Kier molecular flexibility index (Phi) is 3.31. The third kappa shape index (κ3) is 1.86. The second-order valence-electron chi connectivity index (χ2n) is 2.58. The van der Waals surface area contributed by atoms with Crippen molar-refractivity contribution in [3.63, 3.8) is 0 Å². The minimum Gasteiger partial charge on any atom is -0.344 e. The zero-order valence-corrected chi connectivity index (χ0v) is 7.46. The molecule has 0 aromatic rings. The van der Waals surface area contributed by atoms with Crippen molar-refractivity contribution in [2.45, 2.75) is 26.6 Å². The highest BCUT2D eigenvalue weighted by molar-refractivity contribution is 5.75. The number of hydrogen-bond acceptors (Lipinski definition) is 3. The van der Waals surface area contributed by atoms with E-state index in [9.17, 15) is 4.79 Å². The first-order valence-electron chi connectivity index (χ1n) is 4.23. The lowest BCUT2D eigenvalue weighted by Crippen LogP contribution is -2.39. The highest BCUT2D eigenvalue weighted by Gasteiger charge is 2.29. The Bertz CT molecular complexity index is 163. The van der Waals surface area contributed by atoms with Crippen LogP contribution in [0.1, 0.15) is 20.3 Å². The third-order valence-electron chi connectivity index (χ3n) is 1.64. The van der Waals surface area contributed by atoms with Crippen LogP contribution in [0.15, 0.2) is 0 Å². The number of nitrogens with zero attached hydrogens (tertiary/aromatic N) is 1. The van der Waals surface area contributed by atoms with E-state index in [-0.39, 0.29) is 12.4 Å². The zero-order chi connectivity index (χ0) is 8.97. The summed E-state index contributed by atoms with van der Waals surface area (Å²) in [5.74, 6) is 0. The van der Waals surface area contributed by atoms with Gasteiger partial charge in [-0.15, -0.1) is 0 Å². The van der Waals surface area contributed by atoms with Crippen LogP contribution in [0.4, 0.5) is 4.79 Å². The van der Waals surface area contributed by atoms with Crippen LogP contribution in [0.25, 0.3) is 0 Å². The molecule has 70 valence electrons. The SMILES string of the molecule is CCCN1C(=O)NNC1OCC. The minimum atomic E-state index is -0.303. The predicted octanol–water partition coefficient (Wildman–Crippen LogP) is 0.246. The number of hydrazine groups is 1. The second-order valence-corrected chi connectivity index (χ2v) is 2.58. The Morgan fingerprint density at radius 3 is 2.92 bits per heavy atom. The average molecular weight is 173 g/mol. The van der Waals surface area contributed by atoms with Crippen LogP contribution in [-0.4, -0.2) is 30.4 Å². The second kappa shape index (κ2) is 4.27. The van der Waals surface area contributed by atoms with Gasteiger partial charge in [-0.2, -0.15) is 5.43 Å². The molecule has 0 aromatic carbocycles. The quantitative estimate of drug-likeness (QED) is 0.640. The number of carbonyl (C=O) groups excluding carboxylic acids is 1. The van der Waals surface area contributed by atoms with Crippen LogP contribution in [-0.2, 0) is 4.74 Å². The van der Waals surface area contributed by atoms with Crippen molar-refractivity contribution in [2.75, 3.05) is 13.2 Å². The van der Waals surface area contributed by atoms with Gasteiger partial charge < -0.3 is 4.74 Å². The highest BCUT2D eigenvalue weighted by Crippen LogP contribution is 2.04. The van der Waals surface area contributed by atoms with Crippen molar-refractivity contribution in [2.24, 2.45) is 0 Å². The zero-order valence-electron chi connectivity index (χ0n) is 7.46. The molecule has 1 atom stereocenters. The molecule has 1 heterocycles. The molecule has 1 aliphatic heterocycles. The summed E-state index contributed by atoms with van der Waals surface area (Å²) in [6.07, 6.45) is 0.626. The van der Waals surface area contributed by atoms with E-state index in [4.69, 9.17) is 4.74 Å². The molecular weight excluding hydrogens is 158 g/mol. The fourth-order valence-corrected chi connectivity index (χ4v) is 1.13. The molecule has 1 saturated heterocycles. The Morgan fingerprint density at radius 1 is 1.58 bits per heavy atom. The molecule has 1 unspecified atom stereocenters. The smallest absolute Gasteiger partial charge is 0.334 e. The van der Waals surface area contributed by atoms with Crippen molar-refractivity contribution >= 4 is 6.03 Å². The molecule has 0 bridgehead atoms. The lowest BCUT2D eigenvalue weighted by Gasteiger charge is -2.20. The van der Waals surface area contributed by atoms with E-state index in [0.29, 0.717) is 13.2 Å². The normalized spacial score (nSPS) is 23.0. The van der Waals surface area contributed by atoms with Gasteiger partial charge in [0.25, 0.3) is 0 Å². The lowest BCUT2D eigenvalue weighted by atomic mass is 10.4. The van der Waals surface area contributed by atoms with Crippen molar-refractivity contribution in [3.8, 4) is 0 Å². The van der Waals surface area contributed by atoms with E-state index < -0.39 is 0 Å². The van der Waals surface area contributed by atoms with Crippen molar-refractivity contribution < 1.29 is 9.53 Å². The van der Waals surface area contributed by atoms with Gasteiger partial charge in [-0.05, 0) is 13.3 Å². The Morgan fingerprint density at radius 2 is 2.33 bits per heavy atom. The molecule has 0 spiro atoms. The molecule has 0 aliphatic carbocycles. The van der Waals surface area contributed by atoms with Crippen molar-refractivity contribution in [1.29, 1.82) is 0 Å². The Balaban J connectivity index is 2.45. The first-order valence-corrected chi connectivity index (χ1v) is 4.23. The summed E-state index contributed by atoms with van der Waals surface area (Å²) in [7, 11) is 0. The summed E-state index contributed by atoms with van der Waals surface area (Å²) < 4.78 is 5.27. The number of nitrogens with one attached hydrogen (secondary N) is 2. The van der Waals surface area contributed by atoms with Crippen LogP contribution < -0.4 is 10.9 Å². The Hall–Kier alpha value is -0.810. The number of amides is 2. The standard InChI is InChI=1S/C7H15N3O2/c1-3-5-10-6(11)8-9-7(10)12-4-2/h7,9H,3-5H2,1-2H3,(H,8,11). The topological polar surface area (TPSA) is 53.6 Å². The van der Waals surface area contributed by atoms with Crippen LogP contribution in [0.3, 0.4) is 0 Å². The van der Waals surface area contributed by atoms with Gasteiger partial charge in [0, 0.05) is 13.2 Å². The molecule has 1 rings (SSSR count). The maximum atomic E-state index is 11.1. The summed E-state index contributed by atoms with van der Waals surface area (Å²) >= 11 is 0. The molecule has 1 fully saturated rings. The highest BCUT2D eigenvalue weighted by atomic mass is 16.5. The fourth-order valence-electron chi connectivity index (χ4n) is 1.13. The molecule has 0 radical (unpaired) electrons. The largest absolute Gasteiger partial charge is 0.344 e. The van der Waals surface area contributed by atoms with Gasteiger partial charge in [0.15, 0.2) is 0 Å². The minimum absolute atomic E-state index is 0.115. The molecular formula is C7H15N3O2. The lowest BCUT2D eigenvalue weighted by molar-refractivity contribution is -0.0324. The summed E-state index contributed by atoms with van der Waals surface area (Å²) in [5, 5.41) is 0. The Labute approximate surface area is 72.0 Å². The third-order valence-corrected chi connectivity index (χ3v) is 1.64. The van der Waals surface area contributed by atoms with Gasteiger partial charge in [-0.25, -0.2) is 4.79 Å². The van der Waals surface area contributed by atoms with Crippen LogP contribution >= 0.6 is 0 Å². The maximum absolute atomic E-state index is 11.1. The molecule has 5 heteroatoms. The van der Waals surface area contributed by atoms with E-state index in [2.05, 4.69) is 10.9 Å². The number of rotatable bonds is 4. The summed E-state index contributed by atoms with van der Waals surface area (Å²) in [6, 6.07) is -0.115. The van der Waals surface area contributed by atoms with E-state index in [1.54, 1.807) is 4.90 Å². The van der Waals surface area contributed by atoms with Crippen molar-refractivity contribution in [3.05, 3.63) is 0 Å². The summed E-state index contributed by atoms with van der Waals surface area (Å²) in [4.78, 5) is 12.8. The first-order chi connectivity index (χ1) is 5.79. The summed E-state index contributed by atoms with van der Waals surface area (Å²) in [5.41, 5.74) is 5.25. The van der Waals surface area contributed by atoms with E-state index >= 15 is 0 Å². The van der Waals surface area contributed by atoms with Crippen LogP contribution in [0.2, 0.25) is 0 Å². The van der Waals surface area contributed by atoms with Crippen molar-refractivity contribution in [1.82, 2.24) is 15.8 Å². The molecule has 0 saturated carbocycles. The molecule has 0 aromatic heterocycles. The number of hydrogen-bond donors (Lipinski definition) is 2. The van der Waals surface area contributed by atoms with Crippen LogP contribution in [0.5, 0.6) is 0 Å². The number of ether oxygens (including phenoxy) is 1. The monoisotopic (exact) mass is 173 g/mol. The van der Waals surface area contributed by atoms with Gasteiger partial charge in [-0.3, -0.25) is 10.3 Å². The van der Waals surface area contributed by atoms with Gasteiger partial charge in [0.1, 0.15) is 0 Å². The molecule has 5 nitrogen and oxygen atoms in total. The summed E-state index contributed by atoms with van der Waals surface area (Å²) in [6.45, 7) is 5.22. The molecule has 12 heavy (non-hydrogen) atoms. The fraction of sp³-hybridized carbons (Fsp3) is 0.857. The van der Waals surface area contributed by atoms with Gasteiger partial charge >= 0.3 is 6.03 Å². The van der Waals surface area contributed by atoms with Gasteiger partial charge in [0.05, 0.1) is 0 Å². The van der Waals surface area contributed by atoms with E-state index in [0.717, 1.165) is 6.42 Å². The van der Waals surface area contributed by atoms with Gasteiger partial charge in [-0.1, -0.05) is 6.92 Å². The van der Waals surface area contributed by atoms with E-state index in [1.807, 2.05) is 13.8 Å². The molecule has 2 amide bonds.